The molecule has 2 aromatic heterocycles. The number of nitrogens with two attached hydrogens (primary N) is 1. The van der Waals surface area contributed by atoms with Crippen molar-refractivity contribution in [3.8, 4) is 23.1 Å². The lowest BCUT2D eigenvalue weighted by Crippen LogP contribution is -2.03. The number of anilines is 1. The Kier molecular flexibility index (Phi) is 4.79. The Hall–Kier alpha value is -2.81. The molecule has 2 heterocycles. The molecule has 0 aromatic carbocycles. The van der Waals surface area contributed by atoms with E-state index in [1.807, 2.05) is 6.07 Å². The average molecular weight is 313 g/mol. The standard InChI is InChI=1S/C14H11N5O2S/c1-17-12-11(9(6-15)14(22)19-13(12)16)8-2-3-10(18-7-8)21-5-4-20/h2-3,7,20H,4-5H2,(H3,16,19,22). The molecule has 0 aliphatic rings. The quantitative estimate of drug-likeness (QED) is 0.586. The molecular weight excluding hydrogens is 302 g/mol. The number of hydrogen-bond acceptors (Lipinski definition) is 7. The SMILES string of the molecule is [C-]#[N+]c1c(N)nc(S)c(C#N)c1-c1ccc(OCCO)nc1. The summed E-state index contributed by atoms with van der Waals surface area (Å²) in [6, 6.07) is 5.21. The number of aliphatic hydroxyl groups excluding tert-OH is 1. The Morgan fingerprint density at radius 2 is 2.27 bits per heavy atom. The fourth-order valence-electron chi connectivity index (χ4n) is 1.85. The van der Waals surface area contributed by atoms with E-state index in [-0.39, 0.29) is 35.3 Å². The molecule has 0 fully saturated rings. The molecular formula is C14H11N5O2S. The fourth-order valence-corrected chi connectivity index (χ4v) is 2.11. The summed E-state index contributed by atoms with van der Waals surface area (Å²) in [5, 5.41) is 18.1. The molecule has 7 nitrogen and oxygen atoms in total. The normalized spacial score (nSPS) is 9.82. The van der Waals surface area contributed by atoms with E-state index in [1.54, 1.807) is 12.1 Å². The second kappa shape index (κ2) is 6.76. The largest absolute Gasteiger partial charge is 0.475 e. The van der Waals surface area contributed by atoms with Crippen molar-refractivity contribution in [1.29, 1.82) is 5.26 Å². The minimum Gasteiger partial charge on any atom is -0.475 e. The lowest BCUT2D eigenvalue weighted by atomic mass is 10.0. The molecule has 0 saturated heterocycles. The monoisotopic (exact) mass is 313 g/mol. The van der Waals surface area contributed by atoms with Crippen LogP contribution in [0.25, 0.3) is 16.0 Å². The topological polar surface area (TPSA) is 109 Å². The third-order valence-corrected chi connectivity index (χ3v) is 3.09. The second-order valence-electron chi connectivity index (χ2n) is 4.10. The van der Waals surface area contributed by atoms with Gasteiger partial charge in [-0.3, -0.25) is 0 Å². The zero-order valence-electron chi connectivity index (χ0n) is 11.3. The molecule has 0 aliphatic heterocycles. The molecule has 110 valence electrons. The Balaban J connectivity index is 2.57. The van der Waals surface area contributed by atoms with Crippen LogP contribution in [0.5, 0.6) is 5.88 Å². The maximum Gasteiger partial charge on any atom is 0.237 e. The van der Waals surface area contributed by atoms with Crippen molar-refractivity contribution in [3.63, 3.8) is 0 Å². The van der Waals surface area contributed by atoms with Gasteiger partial charge in [-0.2, -0.15) is 5.26 Å². The van der Waals surface area contributed by atoms with Crippen LogP contribution in [0.15, 0.2) is 23.4 Å². The molecule has 2 rings (SSSR count). The number of aliphatic hydroxyl groups is 1. The minimum absolute atomic E-state index is 0.00890. The molecule has 0 aliphatic carbocycles. The molecule has 3 N–H and O–H groups in total. The van der Waals surface area contributed by atoms with Gasteiger partial charge in [-0.15, -0.1) is 12.6 Å². The van der Waals surface area contributed by atoms with Crippen LogP contribution in [0.4, 0.5) is 11.5 Å². The fraction of sp³-hybridized carbons (Fsp3) is 0.143. The highest BCUT2D eigenvalue weighted by Crippen LogP contribution is 2.39. The van der Waals surface area contributed by atoms with Gasteiger partial charge in [-0.1, -0.05) is 0 Å². The van der Waals surface area contributed by atoms with E-state index in [1.165, 1.54) is 6.20 Å². The Morgan fingerprint density at radius 1 is 1.50 bits per heavy atom. The van der Waals surface area contributed by atoms with E-state index in [2.05, 4.69) is 27.4 Å². The summed E-state index contributed by atoms with van der Waals surface area (Å²) in [5.41, 5.74) is 6.85. The van der Waals surface area contributed by atoms with Crippen molar-refractivity contribution < 1.29 is 9.84 Å². The van der Waals surface area contributed by atoms with Crippen molar-refractivity contribution in [1.82, 2.24) is 9.97 Å². The number of hydrogen-bond donors (Lipinski definition) is 3. The number of pyridine rings is 2. The Bertz CT molecular complexity index is 740. The van der Waals surface area contributed by atoms with E-state index in [0.29, 0.717) is 17.0 Å². The van der Waals surface area contributed by atoms with Crippen LogP contribution in [-0.2, 0) is 0 Å². The van der Waals surface area contributed by atoms with Gasteiger partial charge < -0.3 is 15.6 Å². The summed E-state index contributed by atoms with van der Waals surface area (Å²) in [6.07, 6.45) is 1.46. The minimum atomic E-state index is -0.117. The highest BCUT2D eigenvalue weighted by Gasteiger charge is 2.19. The van der Waals surface area contributed by atoms with Crippen LogP contribution in [0.3, 0.4) is 0 Å². The number of ether oxygens (including phenoxy) is 1. The molecule has 2 aromatic rings. The highest BCUT2D eigenvalue weighted by molar-refractivity contribution is 7.80. The number of rotatable bonds is 4. The summed E-state index contributed by atoms with van der Waals surface area (Å²) >= 11 is 4.13. The van der Waals surface area contributed by atoms with Crippen molar-refractivity contribution >= 4 is 24.1 Å². The third-order valence-electron chi connectivity index (χ3n) is 2.77. The highest BCUT2D eigenvalue weighted by atomic mass is 32.1. The predicted molar refractivity (Wildman–Crippen MR) is 82.7 cm³/mol. The van der Waals surface area contributed by atoms with Gasteiger partial charge in [0.1, 0.15) is 23.5 Å². The van der Waals surface area contributed by atoms with E-state index >= 15 is 0 Å². The van der Waals surface area contributed by atoms with Gasteiger partial charge in [-0.05, 0) is 11.6 Å². The number of nitrogen functional groups attached to an aromatic ring is 1. The van der Waals surface area contributed by atoms with Crippen molar-refractivity contribution in [2.75, 3.05) is 18.9 Å². The average Bonchev–Trinajstić information content (AvgIpc) is 2.53. The van der Waals surface area contributed by atoms with Gasteiger partial charge >= 0.3 is 0 Å². The third kappa shape index (κ3) is 2.93. The lowest BCUT2D eigenvalue weighted by Gasteiger charge is -2.11. The number of nitrogens with zero attached hydrogens (tertiary/aromatic N) is 4. The number of nitriles is 1. The van der Waals surface area contributed by atoms with Gasteiger partial charge in [0.05, 0.1) is 18.7 Å². The first-order valence-electron chi connectivity index (χ1n) is 6.12. The molecule has 0 radical (unpaired) electrons. The van der Waals surface area contributed by atoms with E-state index in [4.69, 9.17) is 22.1 Å². The zero-order valence-corrected chi connectivity index (χ0v) is 12.2. The van der Waals surface area contributed by atoms with Gasteiger partial charge in [0, 0.05) is 17.8 Å². The molecule has 0 unspecified atom stereocenters. The molecule has 0 atom stereocenters. The number of thiol groups is 1. The Morgan fingerprint density at radius 3 is 2.82 bits per heavy atom. The van der Waals surface area contributed by atoms with Crippen molar-refractivity contribution in [2.45, 2.75) is 5.03 Å². The maximum atomic E-state index is 9.29. The first-order valence-corrected chi connectivity index (χ1v) is 6.57. The van der Waals surface area contributed by atoms with Crippen LogP contribution >= 0.6 is 12.6 Å². The van der Waals surface area contributed by atoms with Crippen molar-refractivity contribution in [2.24, 2.45) is 0 Å². The van der Waals surface area contributed by atoms with Crippen LogP contribution in [0, 0.1) is 17.9 Å². The molecule has 0 bridgehead atoms. The van der Waals surface area contributed by atoms with Crippen LogP contribution in [0.1, 0.15) is 5.56 Å². The van der Waals surface area contributed by atoms with Gasteiger partial charge in [-0.25, -0.2) is 14.8 Å². The van der Waals surface area contributed by atoms with Crippen LogP contribution < -0.4 is 10.5 Å². The van der Waals surface area contributed by atoms with Crippen molar-refractivity contribution in [3.05, 3.63) is 35.3 Å². The van der Waals surface area contributed by atoms with Crippen LogP contribution in [0.2, 0.25) is 0 Å². The first-order chi connectivity index (χ1) is 10.6. The molecule has 8 heteroatoms. The lowest BCUT2D eigenvalue weighted by molar-refractivity contribution is 0.196. The van der Waals surface area contributed by atoms with E-state index < -0.39 is 0 Å². The van der Waals surface area contributed by atoms with E-state index in [9.17, 15) is 5.26 Å². The second-order valence-corrected chi connectivity index (χ2v) is 4.52. The summed E-state index contributed by atoms with van der Waals surface area (Å²) in [7, 11) is 0. The summed E-state index contributed by atoms with van der Waals surface area (Å²) in [6.45, 7) is 7.26. The maximum absolute atomic E-state index is 9.29. The Labute approximate surface area is 132 Å². The van der Waals surface area contributed by atoms with Gasteiger partial charge in [0.15, 0.2) is 0 Å². The predicted octanol–water partition coefficient (Wildman–Crippen LogP) is 1.81. The number of aromatic nitrogens is 2. The molecule has 0 saturated carbocycles. The molecule has 0 amide bonds. The van der Waals surface area contributed by atoms with E-state index in [0.717, 1.165) is 0 Å². The van der Waals surface area contributed by atoms with Gasteiger partial charge in [0.2, 0.25) is 11.6 Å². The molecule has 22 heavy (non-hydrogen) atoms. The van der Waals surface area contributed by atoms with Gasteiger partial charge in [0.25, 0.3) is 0 Å². The zero-order chi connectivity index (χ0) is 16.1. The summed E-state index contributed by atoms with van der Waals surface area (Å²) in [4.78, 5) is 11.3. The molecule has 0 spiro atoms. The van der Waals surface area contributed by atoms with Crippen LogP contribution in [-0.4, -0.2) is 28.3 Å². The summed E-state index contributed by atoms with van der Waals surface area (Å²) < 4.78 is 5.17. The smallest absolute Gasteiger partial charge is 0.237 e. The first kappa shape index (κ1) is 15.6. The summed E-state index contributed by atoms with van der Waals surface area (Å²) in [5.74, 6) is 0.336.